The van der Waals surface area contributed by atoms with E-state index in [1.54, 1.807) is 0 Å². The molecule has 15 heavy (non-hydrogen) atoms. The third kappa shape index (κ3) is 4.73. The summed E-state index contributed by atoms with van der Waals surface area (Å²) in [7, 11) is 2.12. The first-order valence-corrected chi connectivity index (χ1v) is 6.02. The number of likely N-dealkylation sites (N-methyl/N-ethyl adjacent to an activating group) is 1. The Hall–Kier alpha value is -0.450. The summed E-state index contributed by atoms with van der Waals surface area (Å²) in [4.78, 5) is 6.57. The van der Waals surface area contributed by atoms with Gasteiger partial charge in [-0.25, -0.2) is 0 Å². The van der Waals surface area contributed by atoms with E-state index in [1.165, 1.54) is 0 Å². The van der Waals surface area contributed by atoms with E-state index in [0.29, 0.717) is 0 Å². The Morgan fingerprint density at radius 1 is 1.53 bits per heavy atom. The molecule has 0 unspecified atom stereocenters. The van der Waals surface area contributed by atoms with Crippen LogP contribution in [0.3, 0.4) is 0 Å². The zero-order valence-corrected chi connectivity index (χ0v) is 10.9. The molecule has 1 N–H and O–H groups in total. The lowest BCUT2D eigenvalue weighted by atomic mass is 10.3. The van der Waals surface area contributed by atoms with Crippen LogP contribution in [-0.4, -0.2) is 36.6 Å². The van der Waals surface area contributed by atoms with Gasteiger partial charge >= 0.3 is 0 Å². The van der Waals surface area contributed by atoms with E-state index < -0.39 is 0 Å². The summed E-state index contributed by atoms with van der Waals surface area (Å²) < 4.78 is 1.07. The van der Waals surface area contributed by atoms with Gasteiger partial charge in [0.25, 0.3) is 0 Å². The molecule has 1 heterocycles. The highest BCUT2D eigenvalue weighted by molar-refractivity contribution is 9.10. The summed E-state index contributed by atoms with van der Waals surface area (Å²) >= 11 is 3.48. The topological polar surface area (TPSA) is 28.2 Å². The van der Waals surface area contributed by atoms with E-state index >= 15 is 0 Å². The minimum absolute atomic E-state index is 0.818. The van der Waals surface area contributed by atoms with Crippen molar-refractivity contribution in [1.29, 1.82) is 0 Å². The molecule has 0 amide bonds. The molecular weight excluding hydrogens is 254 g/mol. The highest BCUT2D eigenvalue weighted by Crippen LogP contribution is 2.12. The highest BCUT2D eigenvalue weighted by atomic mass is 79.9. The van der Waals surface area contributed by atoms with Crippen molar-refractivity contribution in [3.05, 3.63) is 28.5 Å². The second-order valence-electron chi connectivity index (χ2n) is 3.50. The van der Waals surface area contributed by atoms with Crippen molar-refractivity contribution in [2.45, 2.75) is 13.5 Å². The zero-order valence-electron chi connectivity index (χ0n) is 9.33. The molecule has 0 aliphatic rings. The fourth-order valence-electron chi connectivity index (χ4n) is 1.18. The second kappa shape index (κ2) is 6.93. The molecule has 0 saturated heterocycles. The molecule has 0 fully saturated rings. The number of pyridine rings is 1. The number of nitrogens with one attached hydrogen (secondary N) is 1. The van der Waals surface area contributed by atoms with Crippen LogP contribution >= 0.6 is 15.9 Å². The average Bonchev–Trinajstić information content (AvgIpc) is 2.26. The lowest BCUT2D eigenvalue weighted by Crippen LogP contribution is -2.29. The normalized spacial score (nSPS) is 10.9. The van der Waals surface area contributed by atoms with Crippen molar-refractivity contribution in [2.24, 2.45) is 0 Å². The first-order valence-electron chi connectivity index (χ1n) is 5.22. The Morgan fingerprint density at radius 2 is 2.33 bits per heavy atom. The summed E-state index contributed by atoms with van der Waals surface area (Å²) in [6.07, 6.45) is 1.82. The average molecular weight is 272 g/mol. The van der Waals surface area contributed by atoms with Crippen LogP contribution in [0.15, 0.2) is 22.8 Å². The van der Waals surface area contributed by atoms with Gasteiger partial charge in [-0.05, 0) is 41.7 Å². The van der Waals surface area contributed by atoms with Crippen LogP contribution in [0.1, 0.15) is 12.6 Å². The molecule has 0 aliphatic heterocycles. The number of halogens is 1. The molecule has 0 atom stereocenters. The van der Waals surface area contributed by atoms with Gasteiger partial charge in [0.15, 0.2) is 0 Å². The maximum atomic E-state index is 4.29. The summed E-state index contributed by atoms with van der Waals surface area (Å²) in [6, 6.07) is 3.95. The molecule has 3 nitrogen and oxygen atoms in total. The van der Waals surface area contributed by atoms with Gasteiger partial charge in [0.05, 0.1) is 5.69 Å². The predicted octanol–water partition coefficient (Wildman–Crippen LogP) is 1.89. The van der Waals surface area contributed by atoms with Crippen LogP contribution in [0.25, 0.3) is 0 Å². The van der Waals surface area contributed by atoms with Crippen LogP contribution in [0.5, 0.6) is 0 Å². The van der Waals surface area contributed by atoms with E-state index in [4.69, 9.17) is 0 Å². The summed E-state index contributed by atoms with van der Waals surface area (Å²) in [5.41, 5.74) is 1.07. The molecule has 0 spiro atoms. The summed E-state index contributed by atoms with van der Waals surface area (Å²) in [5.74, 6) is 0. The lowest BCUT2D eigenvalue weighted by Gasteiger charge is -2.13. The van der Waals surface area contributed by atoms with Crippen LogP contribution < -0.4 is 5.32 Å². The third-order valence-electron chi connectivity index (χ3n) is 2.34. The standard InChI is InChI=1S/C11H18BrN3/c1-3-15(2)8-7-13-9-11-10(12)5-4-6-14-11/h4-6,13H,3,7-9H2,1-2H3. The Balaban J connectivity index is 2.23. The van der Waals surface area contributed by atoms with Crippen LogP contribution in [0.4, 0.5) is 0 Å². The molecule has 4 heteroatoms. The molecule has 0 aliphatic carbocycles. The Kier molecular flexibility index (Phi) is 5.83. The van der Waals surface area contributed by atoms with Crippen molar-refractivity contribution < 1.29 is 0 Å². The van der Waals surface area contributed by atoms with E-state index in [9.17, 15) is 0 Å². The summed E-state index contributed by atoms with van der Waals surface area (Å²) in [6.45, 7) is 6.14. The molecular formula is C11H18BrN3. The third-order valence-corrected chi connectivity index (χ3v) is 3.06. The van der Waals surface area contributed by atoms with Gasteiger partial charge in [-0.2, -0.15) is 0 Å². The van der Waals surface area contributed by atoms with Gasteiger partial charge < -0.3 is 10.2 Å². The Bertz CT molecular complexity index is 291. The largest absolute Gasteiger partial charge is 0.310 e. The molecule has 0 saturated carbocycles. The molecule has 0 radical (unpaired) electrons. The SMILES string of the molecule is CCN(C)CCNCc1ncccc1Br. The van der Waals surface area contributed by atoms with Gasteiger partial charge in [0.1, 0.15) is 0 Å². The monoisotopic (exact) mass is 271 g/mol. The van der Waals surface area contributed by atoms with E-state index in [2.05, 4.69) is 45.1 Å². The van der Waals surface area contributed by atoms with E-state index in [1.807, 2.05) is 18.3 Å². The molecule has 1 rings (SSSR count). The van der Waals surface area contributed by atoms with Gasteiger partial charge in [0, 0.05) is 30.3 Å². The van der Waals surface area contributed by atoms with Crippen molar-refractivity contribution in [2.75, 3.05) is 26.7 Å². The number of hydrogen-bond donors (Lipinski definition) is 1. The molecule has 0 aromatic carbocycles. The molecule has 84 valence electrons. The number of nitrogens with zero attached hydrogens (tertiary/aromatic N) is 2. The molecule has 1 aromatic rings. The predicted molar refractivity (Wildman–Crippen MR) is 66.8 cm³/mol. The molecule has 1 aromatic heterocycles. The van der Waals surface area contributed by atoms with Crippen molar-refractivity contribution in [3.8, 4) is 0 Å². The quantitative estimate of drug-likeness (QED) is 0.801. The highest BCUT2D eigenvalue weighted by Gasteiger charge is 1.99. The zero-order chi connectivity index (χ0) is 11.1. The fraction of sp³-hybridized carbons (Fsp3) is 0.545. The van der Waals surface area contributed by atoms with Crippen molar-refractivity contribution in [3.63, 3.8) is 0 Å². The Morgan fingerprint density at radius 3 is 3.00 bits per heavy atom. The fourth-order valence-corrected chi connectivity index (χ4v) is 1.58. The van der Waals surface area contributed by atoms with Crippen LogP contribution in [0.2, 0.25) is 0 Å². The Labute approximate surface area is 100 Å². The maximum absolute atomic E-state index is 4.29. The minimum Gasteiger partial charge on any atom is -0.310 e. The number of rotatable bonds is 6. The maximum Gasteiger partial charge on any atom is 0.0683 e. The number of hydrogen-bond acceptors (Lipinski definition) is 3. The van der Waals surface area contributed by atoms with Gasteiger partial charge in [0.2, 0.25) is 0 Å². The van der Waals surface area contributed by atoms with Crippen LogP contribution in [0, 0.1) is 0 Å². The van der Waals surface area contributed by atoms with Gasteiger partial charge in [-0.1, -0.05) is 6.92 Å². The van der Waals surface area contributed by atoms with Crippen molar-refractivity contribution in [1.82, 2.24) is 15.2 Å². The van der Waals surface area contributed by atoms with Crippen LogP contribution in [-0.2, 0) is 6.54 Å². The van der Waals surface area contributed by atoms with E-state index in [0.717, 1.165) is 36.3 Å². The lowest BCUT2D eigenvalue weighted by molar-refractivity contribution is 0.348. The summed E-state index contributed by atoms with van der Waals surface area (Å²) in [5, 5.41) is 3.37. The van der Waals surface area contributed by atoms with Crippen molar-refractivity contribution >= 4 is 15.9 Å². The second-order valence-corrected chi connectivity index (χ2v) is 4.36. The number of aromatic nitrogens is 1. The van der Waals surface area contributed by atoms with Gasteiger partial charge in [-0.15, -0.1) is 0 Å². The minimum atomic E-state index is 0.818. The molecule has 0 bridgehead atoms. The first kappa shape index (κ1) is 12.6. The van der Waals surface area contributed by atoms with Gasteiger partial charge in [-0.3, -0.25) is 4.98 Å². The first-order chi connectivity index (χ1) is 7.24. The smallest absolute Gasteiger partial charge is 0.0683 e. The van der Waals surface area contributed by atoms with E-state index in [-0.39, 0.29) is 0 Å².